The predicted molar refractivity (Wildman–Crippen MR) is 158 cm³/mol. The molecule has 1 amide bonds. The molecule has 0 unspecified atom stereocenters. The van der Waals surface area contributed by atoms with E-state index in [2.05, 4.69) is 30.6 Å². The largest absolute Gasteiger partial charge is 0.370 e. The Labute approximate surface area is 226 Å². The number of hydrogen-bond donors (Lipinski definition) is 8. The molecule has 0 bridgehead atoms. The van der Waals surface area contributed by atoms with Gasteiger partial charge in [-0.15, -0.1) is 0 Å². The molecule has 0 aromatic heterocycles. The molecule has 0 aliphatic carbocycles. The summed E-state index contributed by atoms with van der Waals surface area (Å²) >= 11 is 0. The molecular formula is C24H47N13O. The van der Waals surface area contributed by atoms with Crippen molar-refractivity contribution in [3.05, 3.63) is 12.2 Å². The Morgan fingerprint density at radius 1 is 0.842 bits per heavy atom. The highest BCUT2D eigenvalue weighted by molar-refractivity contribution is 6.00. The maximum atomic E-state index is 12.7. The Morgan fingerprint density at radius 3 is 1.82 bits per heavy atom. The molecule has 0 spiro atoms. The second kappa shape index (κ2) is 21.1. The zero-order valence-electron chi connectivity index (χ0n) is 23.1. The maximum Gasteiger partial charge on any atom is 0.226 e. The molecule has 14 nitrogen and oxygen atoms in total. The number of nitrogens with one attached hydrogen (secondary N) is 4. The lowest BCUT2D eigenvalue weighted by Gasteiger charge is -2.21. The quantitative estimate of drug-likeness (QED) is 0.0559. The summed E-state index contributed by atoms with van der Waals surface area (Å²) in [5.41, 5.74) is 24.0. The van der Waals surface area contributed by atoms with Crippen LogP contribution in [0.15, 0.2) is 32.1 Å². The first-order valence-electron chi connectivity index (χ1n) is 12.8. The number of nitrogens with zero attached hydrogens (tertiary/aromatic N) is 5. The predicted octanol–water partition coefficient (Wildman–Crippen LogP) is 0.249. The normalized spacial score (nSPS) is 13.0. The molecule has 38 heavy (non-hydrogen) atoms. The lowest BCUT2D eigenvalue weighted by molar-refractivity contribution is -0.130. The second-order valence-corrected chi connectivity index (χ2v) is 8.50. The van der Waals surface area contributed by atoms with Gasteiger partial charge in [0.25, 0.3) is 0 Å². The molecule has 0 radical (unpaired) electrons. The number of nitrogens with two attached hydrogens (primary N) is 4. The molecule has 0 rings (SSSR count). The van der Waals surface area contributed by atoms with Gasteiger partial charge in [-0.05, 0) is 39.0 Å². The average Bonchev–Trinajstić information content (AvgIpc) is 2.85. The first-order valence-corrected chi connectivity index (χ1v) is 12.8. The number of rotatable bonds is 17. The Hall–Kier alpha value is -3.97. The molecule has 0 aromatic carbocycles. The first kappa shape index (κ1) is 34.0. The average molecular weight is 534 g/mol. The van der Waals surface area contributed by atoms with Crippen LogP contribution in [0, 0.1) is 10.8 Å². The number of amides is 1. The van der Waals surface area contributed by atoms with E-state index < -0.39 is 0 Å². The van der Waals surface area contributed by atoms with Gasteiger partial charge in [0.05, 0.1) is 0 Å². The van der Waals surface area contributed by atoms with E-state index in [1.807, 2.05) is 19.1 Å². The standard InChI is InChI=1S/C24H47N13O/c1-4-5-6-11-20(38)37(15-8-13-33-22(28)35-21(27)31-3)16-9-14-34-24(30)36-23(29)32-12-7-10-19(26)17-18(2)25/h5-6,25-26H,4,7-17H2,1-3H3,(H5,27,28,31,33,35)(H5,29,30,32,34,36)/b6-5-,25-18?,26-19?. The van der Waals surface area contributed by atoms with Crippen LogP contribution >= 0.6 is 0 Å². The molecule has 214 valence electrons. The lowest BCUT2D eigenvalue weighted by atomic mass is 10.1. The van der Waals surface area contributed by atoms with Crippen LogP contribution in [0.4, 0.5) is 0 Å². The van der Waals surface area contributed by atoms with E-state index in [0.717, 1.165) is 6.42 Å². The van der Waals surface area contributed by atoms with E-state index in [1.165, 1.54) is 0 Å². The van der Waals surface area contributed by atoms with Crippen molar-refractivity contribution in [3.8, 4) is 0 Å². The van der Waals surface area contributed by atoms with Crippen LogP contribution in [0.5, 0.6) is 0 Å². The van der Waals surface area contributed by atoms with Crippen LogP contribution in [-0.2, 0) is 4.79 Å². The molecule has 0 heterocycles. The van der Waals surface area contributed by atoms with Crippen molar-refractivity contribution in [1.29, 1.82) is 10.8 Å². The fraction of sp³-hybridized carbons (Fsp3) is 0.625. The van der Waals surface area contributed by atoms with Crippen LogP contribution in [0.3, 0.4) is 0 Å². The summed E-state index contributed by atoms with van der Waals surface area (Å²) in [6.45, 7) is 6.04. The smallest absolute Gasteiger partial charge is 0.226 e. The monoisotopic (exact) mass is 533 g/mol. The van der Waals surface area contributed by atoms with Crippen molar-refractivity contribution in [2.45, 2.75) is 58.8 Å². The Bertz CT molecular complexity index is 890. The summed E-state index contributed by atoms with van der Waals surface area (Å²) in [6, 6.07) is 0. The molecule has 0 saturated carbocycles. The molecule has 0 aliphatic rings. The third-order valence-corrected chi connectivity index (χ3v) is 4.93. The van der Waals surface area contributed by atoms with E-state index in [1.54, 1.807) is 18.9 Å². The molecular weight excluding hydrogens is 486 g/mol. The number of aliphatic imine (C=N–C) groups is 4. The van der Waals surface area contributed by atoms with Gasteiger partial charge in [-0.3, -0.25) is 35.4 Å². The van der Waals surface area contributed by atoms with Gasteiger partial charge >= 0.3 is 0 Å². The van der Waals surface area contributed by atoms with Gasteiger partial charge in [-0.2, -0.15) is 0 Å². The summed E-state index contributed by atoms with van der Waals surface area (Å²) in [7, 11) is 1.54. The number of allylic oxidation sites excluding steroid dienone is 1. The van der Waals surface area contributed by atoms with Crippen molar-refractivity contribution in [3.63, 3.8) is 0 Å². The lowest BCUT2D eigenvalue weighted by Crippen LogP contribution is -2.42. The zero-order valence-corrected chi connectivity index (χ0v) is 23.1. The van der Waals surface area contributed by atoms with E-state index in [0.29, 0.717) is 82.7 Å². The second-order valence-electron chi connectivity index (χ2n) is 8.50. The summed E-state index contributed by atoms with van der Waals surface area (Å²) in [6.07, 6.45) is 7.93. The molecule has 0 fully saturated rings. The summed E-state index contributed by atoms with van der Waals surface area (Å²) in [5, 5.41) is 20.6. The van der Waals surface area contributed by atoms with Crippen LogP contribution in [-0.4, -0.2) is 85.8 Å². The Balaban J connectivity index is 4.64. The van der Waals surface area contributed by atoms with Gasteiger partial charge in [0, 0.05) is 64.0 Å². The highest BCUT2D eigenvalue weighted by atomic mass is 16.2. The van der Waals surface area contributed by atoms with Crippen LogP contribution in [0.2, 0.25) is 0 Å². The minimum Gasteiger partial charge on any atom is -0.370 e. The molecule has 0 aromatic rings. The molecule has 0 saturated heterocycles. The maximum absolute atomic E-state index is 12.7. The van der Waals surface area contributed by atoms with Crippen molar-refractivity contribution in [1.82, 2.24) is 15.5 Å². The summed E-state index contributed by atoms with van der Waals surface area (Å²) in [5.74, 6) is 0.688. The molecule has 14 heteroatoms. The van der Waals surface area contributed by atoms with Gasteiger partial charge in [-0.25, -0.2) is 0 Å². The third-order valence-electron chi connectivity index (χ3n) is 4.93. The highest BCUT2D eigenvalue weighted by Crippen LogP contribution is 2.02. The SMILES string of the molecule is CC/C=C\CC(=O)N(CCCN=C(N)NC(N)=NC)CCCN=C(N)NC(N)=NCCCC(=N)CC(C)=N. The topological polar surface area (TPSA) is 246 Å². The molecule has 0 aliphatic heterocycles. The minimum absolute atomic E-state index is 0.0300. The number of guanidine groups is 4. The number of carbonyl (C=O) groups is 1. The fourth-order valence-electron chi connectivity index (χ4n) is 3.10. The third kappa shape index (κ3) is 19.2. The van der Waals surface area contributed by atoms with Crippen molar-refractivity contribution < 1.29 is 4.79 Å². The van der Waals surface area contributed by atoms with Crippen molar-refractivity contribution >= 4 is 41.2 Å². The summed E-state index contributed by atoms with van der Waals surface area (Å²) in [4.78, 5) is 30.8. The first-order chi connectivity index (χ1) is 18.1. The van der Waals surface area contributed by atoms with E-state index in [9.17, 15) is 4.79 Å². The number of hydrogen-bond acceptors (Lipinski definition) is 7. The highest BCUT2D eigenvalue weighted by Gasteiger charge is 2.11. The Kier molecular flexibility index (Phi) is 18.9. The van der Waals surface area contributed by atoms with Gasteiger partial charge in [0.15, 0.2) is 23.8 Å². The van der Waals surface area contributed by atoms with Gasteiger partial charge in [0.1, 0.15) is 0 Å². The van der Waals surface area contributed by atoms with E-state index >= 15 is 0 Å². The fourth-order valence-corrected chi connectivity index (χ4v) is 3.10. The molecule has 12 N–H and O–H groups in total. The van der Waals surface area contributed by atoms with Gasteiger partial charge in [0.2, 0.25) is 5.91 Å². The molecule has 0 atom stereocenters. The van der Waals surface area contributed by atoms with Crippen LogP contribution in [0.25, 0.3) is 0 Å². The Morgan fingerprint density at radius 2 is 1.34 bits per heavy atom. The zero-order chi connectivity index (χ0) is 28.8. The number of carbonyl (C=O) groups excluding carboxylic acids is 1. The van der Waals surface area contributed by atoms with Gasteiger partial charge in [-0.1, -0.05) is 19.1 Å². The van der Waals surface area contributed by atoms with Crippen LogP contribution < -0.4 is 33.6 Å². The van der Waals surface area contributed by atoms with E-state index in [4.69, 9.17) is 33.8 Å². The van der Waals surface area contributed by atoms with Gasteiger partial charge < -0.3 is 38.7 Å². The van der Waals surface area contributed by atoms with Crippen molar-refractivity contribution in [2.75, 3.05) is 39.8 Å². The summed E-state index contributed by atoms with van der Waals surface area (Å²) < 4.78 is 0. The van der Waals surface area contributed by atoms with Crippen LogP contribution in [0.1, 0.15) is 58.8 Å². The van der Waals surface area contributed by atoms with E-state index in [-0.39, 0.29) is 29.7 Å². The van der Waals surface area contributed by atoms with Crippen molar-refractivity contribution in [2.24, 2.45) is 42.9 Å². The minimum atomic E-state index is 0.0300.